The fourth-order valence-electron chi connectivity index (χ4n) is 3.94. The van der Waals surface area contributed by atoms with Crippen molar-refractivity contribution in [2.75, 3.05) is 51.1 Å². The number of aliphatic carboxylic acids is 2. The first-order valence-corrected chi connectivity index (χ1v) is 19.6. The molecule has 0 aromatic rings. The Morgan fingerprint density at radius 3 is 1.10 bits per heavy atom. The van der Waals surface area contributed by atoms with E-state index in [1.54, 1.807) is 0 Å². The minimum absolute atomic E-state index is 0.248. The Balaban J connectivity index is 4.65. The van der Waals surface area contributed by atoms with Gasteiger partial charge in [-0.1, -0.05) is 0 Å². The zero-order valence-electron chi connectivity index (χ0n) is 24.4. The SMILES string of the molecule is CCO[Si](CCCC(CSOSCC(CCC[Si](OCC)(OCC)OCC)C(=O)O)C(=O)O)(OCC)OCC. The molecule has 0 aromatic heterocycles. The lowest BCUT2D eigenvalue weighted by atomic mass is 10.1. The summed E-state index contributed by atoms with van der Waals surface area (Å²) in [4.78, 5) is 23.5. The monoisotopic (exact) mass is 634 g/mol. The lowest BCUT2D eigenvalue weighted by molar-refractivity contribution is -0.142. The Hall–Kier alpha value is -0.206. The zero-order valence-corrected chi connectivity index (χ0v) is 28.1. The quantitative estimate of drug-likeness (QED) is 0.0649. The van der Waals surface area contributed by atoms with E-state index >= 15 is 0 Å². The standard InChI is InChI=1S/C24H50O11S2Si2/c1-7-29-38(30-8-2,31-9-3)17-13-15-21(23(25)26)19-36-35-37-20-22(24(27)28)16-14-18-39(32-10-4,33-11-5)34-12-6/h21-22H,7-20H2,1-6H3,(H,25,26)(H,27,28). The fraction of sp³-hybridized carbons (Fsp3) is 0.917. The summed E-state index contributed by atoms with van der Waals surface area (Å²) in [5.41, 5.74) is 0. The van der Waals surface area contributed by atoms with Gasteiger partial charge in [0.25, 0.3) is 0 Å². The van der Waals surface area contributed by atoms with Gasteiger partial charge in [0.1, 0.15) is 0 Å². The van der Waals surface area contributed by atoms with Gasteiger partial charge in [-0.15, -0.1) is 0 Å². The van der Waals surface area contributed by atoms with Gasteiger partial charge in [-0.3, -0.25) is 9.59 Å². The number of carboxylic acids is 2. The van der Waals surface area contributed by atoms with E-state index in [2.05, 4.69) is 0 Å². The predicted octanol–water partition coefficient (Wildman–Crippen LogP) is 5.36. The lowest BCUT2D eigenvalue weighted by Crippen LogP contribution is -2.46. The molecule has 0 spiro atoms. The van der Waals surface area contributed by atoms with E-state index in [0.29, 0.717) is 77.4 Å². The normalized spacial score (nSPS) is 13.9. The molecule has 2 N–H and O–H groups in total. The number of carbonyl (C=O) groups is 2. The minimum Gasteiger partial charge on any atom is -0.481 e. The topological polar surface area (TPSA) is 139 Å². The second kappa shape index (κ2) is 23.4. The molecule has 0 saturated carbocycles. The van der Waals surface area contributed by atoms with Crippen LogP contribution in [0.2, 0.25) is 12.1 Å². The van der Waals surface area contributed by atoms with Crippen molar-refractivity contribution in [2.45, 2.75) is 79.3 Å². The van der Waals surface area contributed by atoms with Crippen LogP contribution in [0.4, 0.5) is 0 Å². The fourth-order valence-corrected chi connectivity index (χ4v) is 10.9. The highest BCUT2D eigenvalue weighted by molar-refractivity contribution is 8.07. The van der Waals surface area contributed by atoms with Crippen LogP contribution in [0.15, 0.2) is 0 Å². The molecule has 0 aliphatic heterocycles. The Bertz CT molecular complexity index is 563. The summed E-state index contributed by atoms with van der Waals surface area (Å²) in [5, 5.41) is 19.3. The average molecular weight is 635 g/mol. The third-order valence-electron chi connectivity index (χ3n) is 5.59. The molecule has 0 heterocycles. The maximum atomic E-state index is 11.8. The molecule has 0 aliphatic rings. The summed E-state index contributed by atoms with van der Waals surface area (Å²) in [6, 6.07) is 1.10. The van der Waals surface area contributed by atoms with E-state index in [9.17, 15) is 19.8 Å². The van der Waals surface area contributed by atoms with Crippen molar-refractivity contribution in [1.29, 1.82) is 0 Å². The summed E-state index contributed by atoms with van der Waals surface area (Å²) in [5.74, 6) is -2.54. The van der Waals surface area contributed by atoms with E-state index in [1.165, 1.54) is 0 Å². The lowest BCUT2D eigenvalue weighted by Gasteiger charge is -2.28. The van der Waals surface area contributed by atoms with E-state index in [4.69, 9.17) is 30.2 Å². The molecule has 0 amide bonds. The van der Waals surface area contributed by atoms with E-state index in [1.807, 2.05) is 41.5 Å². The maximum Gasteiger partial charge on any atom is 0.500 e. The van der Waals surface area contributed by atoms with Crippen molar-refractivity contribution in [3.05, 3.63) is 0 Å². The Kier molecular flexibility index (Phi) is 23.2. The first kappa shape index (κ1) is 38.8. The van der Waals surface area contributed by atoms with Gasteiger partial charge in [0.05, 0.1) is 11.8 Å². The van der Waals surface area contributed by atoms with Gasteiger partial charge in [0.15, 0.2) is 0 Å². The molecule has 232 valence electrons. The number of rotatable bonds is 28. The minimum atomic E-state index is -2.81. The average Bonchev–Trinajstić information content (AvgIpc) is 2.87. The summed E-state index contributed by atoms with van der Waals surface area (Å²) in [6.45, 7) is 14.2. The molecule has 39 heavy (non-hydrogen) atoms. The molecule has 0 aromatic carbocycles. The molecule has 0 radical (unpaired) electrons. The summed E-state index contributed by atoms with van der Waals surface area (Å²) in [7, 11) is -5.63. The van der Waals surface area contributed by atoms with Crippen molar-refractivity contribution >= 4 is 53.6 Å². The summed E-state index contributed by atoms with van der Waals surface area (Å²) in [6.07, 6.45) is 2.05. The van der Waals surface area contributed by atoms with E-state index < -0.39 is 41.4 Å². The second-order valence-corrected chi connectivity index (χ2v) is 15.6. The molecule has 2 atom stereocenters. The molecule has 0 saturated heterocycles. The summed E-state index contributed by atoms with van der Waals surface area (Å²) >= 11 is 2.07. The zero-order chi connectivity index (χ0) is 29.6. The van der Waals surface area contributed by atoms with E-state index in [-0.39, 0.29) is 11.5 Å². The van der Waals surface area contributed by atoms with Crippen LogP contribution in [0.25, 0.3) is 0 Å². The third-order valence-corrected chi connectivity index (χ3v) is 13.7. The molecule has 0 rings (SSSR count). The number of hydrogen-bond donors (Lipinski definition) is 2. The third kappa shape index (κ3) is 16.7. The van der Waals surface area contributed by atoms with Crippen LogP contribution in [0.1, 0.15) is 67.2 Å². The Labute approximate surface area is 245 Å². The van der Waals surface area contributed by atoms with Crippen molar-refractivity contribution in [2.24, 2.45) is 11.8 Å². The Morgan fingerprint density at radius 1 is 0.590 bits per heavy atom. The van der Waals surface area contributed by atoms with Gasteiger partial charge in [0, 0.05) is 87.3 Å². The van der Waals surface area contributed by atoms with Crippen LogP contribution in [-0.2, 0) is 39.8 Å². The van der Waals surface area contributed by atoms with Crippen LogP contribution in [0.3, 0.4) is 0 Å². The Morgan fingerprint density at radius 2 is 0.872 bits per heavy atom. The molecule has 15 heteroatoms. The smallest absolute Gasteiger partial charge is 0.481 e. The highest BCUT2D eigenvalue weighted by atomic mass is 32.2. The van der Waals surface area contributed by atoms with Gasteiger partial charge in [0.2, 0.25) is 0 Å². The van der Waals surface area contributed by atoms with E-state index in [0.717, 1.165) is 24.1 Å². The van der Waals surface area contributed by atoms with Crippen LogP contribution < -0.4 is 0 Å². The van der Waals surface area contributed by atoms with Gasteiger partial charge in [-0.05, 0) is 67.2 Å². The predicted molar refractivity (Wildman–Crippen MR) is 158 cm³/mol. The van der Waals surface area contributed by atoms with Gasteiger partial charge in [-0.2, -0.15) is 0 Å². The second-order valence-electron chi connectivity index (χ2n) is 8.46. The van der Waals surface area contributed by atoms with Gasteiger partial charge >= 0.3 is 29.5 Å². The van der Waals surface area contributed by atoms with Crippen LogP contribution >= 0.6 is 24.1 Å². The first-order chi connectivity index (χ1) is 18.7. The van der Waals surface area contributed by atoms with Crippen molar-refractivity contribution in [3.8, 4) is 0 Å². The number of hydrogen-bond acceptors (Lipinski definition) is 11. The molecular weight excluding hydrogens is 585 g/mol. The maximum absolute atomic E-state index is 11.8. The van der Waals surface area contributed by atoms with Gasteiger partial charge in [-0.25, -0.2) is 3.63 Å². The molecule has 0 aliphatic carbocycles. The molecule has 11 nitrogen and oxygen atoms in total. The molecule has 2 unspecified atom stereocenters. The molecule has 0 bridgehead atoms. The van der Waals surface area contributed by atoms with Gasteiger partial charge < -0.3 is 36.8 Å². The van der Waals surface area contributed by atoms with Crippen molar-refractivity contribution in [1.82, 2.24) is 0 Å². The van der Waals surface area contributed by atoms with Crippen molar-refractivity contribution < 1.29 is 50.0 Å². The van der Waals surface area contributed by atoms with Crippen LogP contribution in [-0.4, -0.2) is 90.9 Å². The van der Waals surface area contributed by atoms with Crippen molar-refractivity contribution in [3.63, 3.8) is 0 Å². The van der Waals surface area contributed by atoms with Crippen LogP contribution in [0.5, 0.6) is 0 Å². The number of carboxylic acid groups (broad SMARTS) is 2. The largest absolute Gasteiger partial charge is 0.500 e. The summed E-state index contributed by atoms with van der Waals surface area (Å²) < 4.78 is 40.5. The molecular formula is C24H50O11S2Si2. The highest BCUT2D eigenvalue weighted by Gasteiger charge is 2.41. The first-order valence-electron chi connectivity index (χ1n) is 13.9. The van der Waals surface area contributed by atoms with Crippen LogP contribution in [0, 0.1) is 11.8 Å². The highest BCUT2D eigenvalue weighted by Crippen LogP contribution is 2.27. The molecule has 0 fully saturated rings.